The molecule has 1 aromatic carbocycles. The molecule has 0 aliphatic carbocycles. The lowest BCUT2D eigenvalue weighted by Crippen LogP contribution is -2.21. The van der Waals surface area contributed by atoms with Crippen LogP contribution >= 0.6 is 15.9 Å². The summed E-state index contributed by atoms with van der Waals surface area (Å²) in [7, 11) is 3.18. The van der Waals surface area contributed by atoms with Crippen LogP contribution in [-0.4, -0.2) is 20.8 Å². The number of rotatable bonds is 4. The Balaban J connectivity index is 3.19. The summed E-state index contributed by atoms with van der Waals surface area (Å²) in [6.45, 7) is 0.383. The first kappa shape index (κ1) is 12.3. The average molecular weight is 275 g/mol. The Labute approximate surface area is 97.7 Å². The molecule has 4 nitrogen and oxygen atoms in total. The van der Waals surface area contributed by atoms with Crippen LogP contribution in [0.25, 0.3) is 0 Å². The fourth-order valence-electron chi connectivity index (χ4n) is 1.28. The summed E-state index contributed by atoms with van der Waals surface area (Å²) in [5.74, 6) is 1.32. The SMILES string of the molecule is COc1cc(Br)c([C@@H](N)CN)cc1OC. The highest BCUT2D eigenvalue weighted by Gasteiger charge is 2.13. The van der Waals surface area contributed by atoms with Crippen molar-refractivity contribution in [2.75, 3.05) is 20.8 Å². The van der Waals surface area contributed by atoms with Gasteiger partial charge in [0.05, 0.1) is 14.2 Å². The van der Waals surface area contributed by atoms with Crippen molar-refractivity contribution in [3.8, 4) is 11.5 Å². The second-order valence-electron chi connectivity index (χ2n) is 3.07. The Morgan fingerprint density at radius 2 is 1.80 bits per heavy atom. The predicted molar refractivity (Wildman–Crippen MR) is 63.2 cm³/mol. The highest BCUT2D eigenvalue weighted by Crippen LogP contribution is 2.35. The normalized spacial score (nSPS) is 12.3. The average Bonchev–Trinajstić information content (AvgIpc) is 2.27. The van der Waals surface area contributed by atoms with E-state index in [0.29, 0.717) is 18.0 Å². The molecule has 0 saturated carbocycles. The number of methoxy groups -OCH3 is 2. The van der Waals surface area contributed by atoms with Crippen LogP contribution in [0.4, 0.5) is 0 Å². The van der Waals surface area contributed by atoms with Gasteiger partial charge in [-0.3, -0.25) is 0 Å². The fourth-order valence-corrected chi connectivity index (χ4v) is 1.90. The lowest BCUT2D eigenvalue weighted by Gasteiger charge is -2.15. The van der Waals surface area contributed by atoms with Crippen molar-refractivity contribution in [2.24, 2.45) is 11.5 Å². The molecule has 1 rings (SSSR count). The molecule has 0 unspecified atom stereocenters. The van der Waals surface area contributed by atoms with Crippen LogP contribution in [0.5, 0.6) is 11.5 Å². The molecule has 1 aromatic rings. The van der Waals surface area contributed by atoms with Crippen LogP contribution in [0.1, 0.15) is 11.6 Å². The van der Waals surface area contributed by atoms with Crippen molar-refractivity contribution in [1.82, 2.24) is 0 Å². The third kappa shape index (κ3) is 2.62. The van der Waals surface area contributed by atoms with Gasteiger partial charge < -0.3 is 20.9 Å². The monoisotopic (exact) mass is 274 g/mol. The maximum Gasteiger partial charge on any atom is 0.161 e. The second-order valence-corrected chi connectivity index (χ2v) is 3.93. The van der Waals surface area contributed by atoms with Crippen LogP contribution < -0.4 is 20.9 Å². The van der Waals surface area contributed by atoms with Crippen molar-refractivity contribution >= 4 is 15.9 Å². The van der Waals surface area contributed by atoms with Gasteiger partial charge in [0.25, 0.3) is 0 Å². The summed E-state index contributed by atoms with van der Waals surface area (Å²) >= 11 is 3.42. The van der Waals surface area contributed by atoms with Gasteiger partial charge in [-0.25, -0.2) is 0 Å². The Morgan fingerprint density at radius 3 is 2.27 bits per heavy atom. The summed E-state index contributed by atoms with van der Waals surface area (Å²) in [5, 5.41) is 0. The molecule has 0 aromatic heterocycles. The summed E-state index contributed by atoms with van der Waals surface area (Å²) in [4.78, 5) is 0. The number of hydrogen-bond acceptors (Lipinski definition) is 4. The molecule has 84 valence electrons. The van der Waals surface area contributed by atoms with Gasteiger partial charge >= 0.3 is 0 Å². The predicted octanol–water partition coefficient (Wildman–Crippen LogP) is 1.42. The van der Waals surface area contributed by atoms with E-state index in [-0.39, 0.29) is 6.04 Å². The first-order valence-electron chi connectivity index (χ1n) is 4.51. The van der Waals surface area contributed by atoms with Crippen molar-refractivity contribution in [1.29, 1.82) is 0 Å². The van der Waals surface area contributed by atoms with Gasteiger partial charge in [0.15, 0.2) is 11.5 Å². The maximum absolute atomic E-state index is 5.86. The molecule has 0 saturated heterocycles. The van der Waals surface area contributed by atoms with Crippen LogP contribution in [0.2, 0.25) is 0 Å². The maximum atomic E-state index is 5.86. The molecule has 0 spiro atoms. The molecule has 0 radical (unpaired) electrons. The number of benzene rings is 1. The van der Waals surface area contributed by atoms with Crippen molar-refractivity contribution in [3.05, 3.63) is 22.2 Å². The van der Waals surface area contributed by atoms with Gasteiger partial charge in [0.1, 0.15) is 0 Å². The molecule has 15 heavy (non-hydrogen) atoms. The molecule has 0 aliphatic heterocycles. The van der Waals surface area contributed by atoms with Gasteiger partial charge in [-0.1, -0.05) is 15.9 Å². The zero-order valence-corrected chi connectivity index (χ0v) is 10.4. The fraction of sp³-hybridized carbons (Fsp3) is 0.400. The van der Waals surface area contributed by atoms with Crippen LogP contribution in [0, 0.1) is 0 Å². The zero-order valence-electron chi connectivity index (χ0n) is 8.79. The molecule has 0 aliphatic rings. The first-order valence-corrected chi connectivity index (χ1v) is 5.30. The Bertz CT molecular complexity index is 344. The van der Waals surface area contributed by atoms with Gasteiger partial charge in [0, 0.05) is 17.1 Å². The van der Waals surface area contributed by atoms with E-state index in [1.165, 1.54) is 0 Å². The number of hydrogen-bond donors (Lipinski definition) is 2. The van der Waals surface area contributed by atoms with E-state index in [1.807, 2.05) is 12.1 Å². The number of halogens is 1. The van der Waals surface area contributed by atoms with Gasteiger partial charge in [-0.05, 0) is 17.7 Å². The molecular weight excluding hydrogens is 260 g/mol. The molecule has 5 heteroatoms. The topological polar surface area (TPSA) is 70.5 Å². The standard InChI is InChI=1S/C10H15BrN2O2/c1-14-9-3-6(8(13)5-12)7(11)4-10(9)15-2/h3-4,8H,5,12-13H2,1-2H3/t8-/m0/s1. The molecule has 0 heterocycles. The number of ether oxygens (including phenoxy) is 2. The quantitative estimate of drug-likeness (QED) is 0.872. The van der Waals surface area contributed by atoms with Crippen LogP contribution in [-0.2, 0) is 0 Å². The van der Waals surface area contributed by atoms with Crippen molar-refractivity contribution < 1.29 is 9.47 Å². The minimum atomic E-state index is -0.209. The van der Waals surface area contributed by atoms with E-state index in [4.69, 9.17) is 20.9 Å². The first-order chi connectivity index (χ1) is 7.13. The minimum Gasteiger partial charge on any atom is -0.493 e. The third-order valence-electron chi connectivity index (χ3n) is 2.16. The molecule has 0 amide bonds. The van der Waals surface area contributed by atoms with E-state index in [0.717, 1.165) is 10.0 Å². The van der Waals surface area contributed by atoms with E-state index in [1.54, 1.807) is 14.2 Å². The lowest BCUT2D eigenvalue weighted by atomic mass is 10.1. The Hall–Kier alpha value is -0.780. The van der Waals surface area contributed by atoms with Crippen LogP contribution in [0.15, 0.2) is 16.6 Å². The smallest absolute Gasteiger partial charge is 0.161 e. The number of nitrogens with two attached hydrogens (primary N) is 2. The van der Waals surface area contributed by atoms with E-state index in [9.17, 15) is 0 Å². The van der Waals surface area contributed by atoms with E-state index in [2.05, 4.69) is 15.9 Å². The lowest BCUT2D eigenvalue weighted by molar-refractivity contribution is 0.354. The third-order valence-corrected chi connectivity index (χ3v) is 2.84. The Morgan fingerprint density at radius 1 is 1.27 bits per heavy atom. The van der Waals surface area contributed by atoms with Crippen molar-refractivity contribution in [2.45, 2.75) is 6.04 Å². The van der Waals surface area contributed by atoms with E-state index < -0.39 is 0 Å². The summed E-state index contributed by atoms with van der Waals surface area (Å²) in [5.41, 5.74) is 12.3. The molecule has 0 fully saturated rings. The molecule has 0 bridgehead atoms. The summed E-state index contributed by atoms with van der Waals surface area (Å²) in [6, 6.07) is 3.45. The van der Waals surface area contributed by atoms with Gasteiger partial charge in [-0.15, -0.1) is 0 Å². The minimum absolute atomic E-state index is 0.209. The van der Waals surface area contributed by atoms with E-state index >= 15 is 0 Å². The Kier molecular flexibility index (Phi) is 4.38. The molecule has 1 atom stereocenters. The van der Waals surface area contributed by atoms with Gasteiger partial charge in [-0.2, -0.15) is 0 Å². The molecular formula is C10H15BrN2O2. The highest BCUT2D eigenvalue weighted by molar-refractivity contribution is 9.10. The highest BCUT2D eigenvalue weighted by atomic mass is 79.9. The zero-order chi connectivity index (χ0) is 11.4. The second kappa shape index (κ2) is 5.34. The molecule has 4 N–H and O–H groups in total. The largest absolute Gasteiger partial charge is 0.493 e. The van der Waals surface area contributed by atoms with Gasteiger partial charge in [0.2, 0.25) is 0 Å². The summed E-state index contributed by atoms with van der Waals surface area (Å²) in [6.07, 6.45) is 0. The summed E-state index contributed by atoms with van der Waals surface area (Å²) < 4.78 is 11.2. The van der Waals surface area contributed by atoms with Crippen LogP contribution in [0.3, 0.4) is 0 Å². The van der Waals surface area contributed by atoms with Crippen molar-refractivity contribution in [3.63, 3.8) is 0 Å².